The topological polar surface area (TPSA) is 20.2 Å². The van der Waals surface area contributed by atoms with Crippen molar-refractivity contribution in [1.82, 2.24) is 0 Å². The maximum Gasteiger partial charge on any atom is 0.0650 e. The molecule has 0 unspecified atom stereocenters. The minimum absolute atomic E-state index is 0.243. The highest BCUT2D eigenvalue weighted by molar-refractivity contribution is 5.05. The van der Waals surface area contributed by atoms with Crippen LogP contribution in [0.15, 0.2) is 0 Å². The summed E-state index contributed by atoms with van der Waals surface area (Å²) in [5.74, 6) is 0.618. The normalized spacial score (nSPS) is 23.4. The van der Waals surface area contributed by atoms with Crippen LogP contribution < -0.4 is 0 Å². The van der Waals surface area contributed by atoms with Crippen molar-refractivity contribution in [1.29, 1.82) is 0 Å². The zero-order chi connectivity index (χ0) is 7.99. The van der Waals surface area contributed by atoms with Crippen molar-refractivity contribution in [3.63, 3.8) is 0 Å². The van der Waals surface area contributed by atoms with Crippen LogP contribution in [0.1, 0.15) is 40.5 Å². The molecule has 1 rings (SSSR count). The third-order valence-corrected chi connectivity index (χ3v) is 3.11. The van der Waals surface area contributed by atoms with Gasteiger partial charge in [-0.25, -0.2) is 0 Å². The molecule has 1 aliphatic rings. The van der Waals surface area contributed by atoms with Gasteiger partial charge in [0.1, 0.15) is 0 Å². The van der Waals surface area contributed by atoms with E-state index >= 15 is 0 Å². The first-order valence-corrected chi connectivity index (χ1v) is 4.12. The summed E-state index contributed by atoms with van der Waals surface area (Å²) < 4.78 is 0. The second-order valence-corrected chi connectivity index (χ2v) is 4.37. The Balaban J connectivity index is 2.70. The predicted octanol–water partition coefficient (Wildman–Crippen LogP) is 2.19. The molecule has 0 saturated heterocycles. The highest BCUT2D eigenvalue weighted by atomic mass is 16.3. The summed E-state index contributed by atoms with van der Waals surface area (Å²) in [5, 5.41) is 9.78. The van der Waals surface area contributed by atoms with Crippen LogP contribution in [0.4, 0.5) is 0 Å². The largest absolute Gasteiger partial charge is 0.390 e. The van der Waals surface area contributed by atoms with Crippen LogP contribution in [0, 0.1) is 11.3 Å². The summed E-state index contributed by atoms with van der Waals surface area (Å²) in [6.07, 6.45) is 2.41. The van der Waals surface area contributed by atoms with E-state index in [1.165, 1.54) is 12.8 Å². The second-order valence-electron chi connectivity index (χ2n) is 4.37. The molecule has 1 aliphatic carbocycles. The summed E-state index contributed by atoms with van der Waals surface area (Å²) >= 11 is 0. The molecule has 60 valence electrons. The Hall–Kier alpha value is -0.0400. The van der Waals surface area contributed by atoms with Gasteiger partial charge in [-0.15, -0.1) is 0 Å². The van der Waals surface area contributed by atoms with Gasteiger partial charge in [0.2, 0.25) is 0 Å². The van der Waals surface area contributed by atoms with Crippen LogP contribution in [0.5, 0.6) is 0 Å². The van der Waals surface area contributed by atoms with E-state index in [0.29, 0.717) is 5.92 Å². The van der Waals surface area contributed by atoms with Gasteiger partial charge in [0.25, 0.3) is 0 Å². The first kappa shape index (κ1) is 8.06. The van der Waals surface area contributed by atoms with E-state index in [2.05, 4.69) is 13.8 Å². The van der Waals surface area contributed by atoms with Crippen molar-refractivity contribution in [3.8, 4) is 0 Å². The zero-order valence-corrected chi connectivity index (χ0v) is 7.44. The smallest absolute Gasteiger partial charge is 0.0650 e. The summed E-state index contributed by atoms with van der Waals surface area (Å²) in [4.78, 5) is 0. The van der Waals surface area contributed by atoms with E-state index in [9.17, 15) is 5.11 Å². The Morgan fingerprint density at radius 2 is 1.70 bits per heavy atom. The molecule has 0 aromatic rings. The average Bonchev–Trinajstić information content (AvgIpc) is 2.36. The lowest BCUT2D eigenvalue weighted by molar-refractivity contribution is -0.0204. The molecule has 0 bridgehead atoms. The first-order valence-electron chi connectivity index (χ1n) is 4.12. The minimum atomic E-state index is -0.471. The molecule has 10 heavy (non-hydrogen) atoms. The monoisotopic (exact) mass is 142 g/mol. The molecule has 1 heteroatoms. The molecular formula is C9H18O. The van der Waals surface area contributed by atoms with Gasteiger partial charge in [0, 0.05) is 5.41 Å². The fourth-order valence-corrected chi connectivity index (χ4v) is 2.03. The van der Waals surface area contributed by atoms with Gasteiger partial charge in [-0.3, -0.25) is 0 Å². The van der Waals surface area contributed by atoms with E-state index in [-0.39, 0.29) is 5.41 Å². The van der Waals surface area contributed by atoms with E-state index in [0.717, 1.165) is 0 Å². The van der Waals surface area contributed by atoms with Crippen LogP contribution in [0.25, 0.3) is 0 Å². The van der Waals surface area contributed by atoms with Crippen molar-refractivity contribution in [2.45, 2.75) is 46.1 Å². The van der Waals surface area contributed by atoms with Gasteiger partial charge < -0.3 is 5.11 Å². The average molecular weight is 142 g/mol. The third kappa shape index (κ3) is 0.968. The SMILES string of the molecule is CC(C)C1(C(C)(C)O)CC1. The summed E-state index contributed by atoms with van der Waals surface area (Å²) in [7, 11) is 0. The Labute approximate surface area is 63.4 Å². The lowest BCUT2D eigenvalue weighted by Crippen LogP contribution is -2.36. The zero-order valence-electron chi connectivity index (χ0n) is 7.44. The van der Waals surface area contributed by atoms with Gasteiger partial charge in [0.15, 0.2) is 0 Å². The van der Waals surface area contributed by atoms with Crippen LogP contribution in [0.3, 0.4) is 0 Å². The second kappa shape index (κ2) is 1.97. The molecule has 0 amide bonds. The summed E-state index contributed by atoms with van der Waals surface area (Å²) in [6, 6.07) is 0. The van der Waals surface area contributed by atoms with Gasteiger partial charge in [-0.2, -0.15) is 0 Å². The number of aliphatic hydroxyl groups is 1. The molecule has 0 aliphatic heterocycles. The molecule has 0 heterocycles. The van der Waals surface area contributed by atoms with Crippen molar-refractivity contribution in [3.05, 3.63) is 0 Å². The highest BCUT2D eigenvalue weighted by Gasteiger charge is 2.55. The molecule has 0 spiro atoms. The van der Waals surface area contributed by atoms with E-state index in [1.807, 2.05) is 13.8 Å². The fraction of sp³-hybridized carbons (Fsp3) is 1.00. The highest BCUT2D eigenvalue weighted by Crippen LogP contribution is 2.58. The first-order chi connectivity index (χ1) is 4.40. The Morgan fingerprint density at radius 1 is 1.30 bits per heavy atom. The molecule has 1 nitrogen and oxygen atoms in total. The molecule has 0 radical (unpaired) electrons. The van der Waals surface area contributed by atoms with Crippen molar-refractivity contribution in [2.75, 3.05) is 0 Å². The van der Waals surface area contributed by atoms with Crippen LogP contribution >= 0.6 is 0 Å². The maximum absolute atomic E-state index is 9.78. The minimum Gasteiger partial charge on any atom is -0.390 e. The van der Waals surface area contributed by atoms with E-state index in [4.69, 9.17) is 0 Å². The Bertz CT molecular complexity index is 126. The third-order valence-electron chi connectivity index (χ3n) is 3.11. The van der Waals surface area contributed by atoms with Gasteiger partial charge in [0.05, 0.1) is 5.60 Å². The maximum atomic E-state index is 9.78. The Kier molecular flexibility index (Phi) is 1.59. The van der Waals surface area contributed by atoms with Gasteiger partial charge in [-0.05, 0) is 32.6 Å². The van der Waals surface area contributed by atoms with Crippen LogP contribution in [0.2, 0.25) is 0 Å². The summed E-state index contributed by atoms with van der Waals surface area (Å²) in [6.45, 7) is 8.26. The molecule has 1 fully saturated rings. The fourth-order valence-electron chi connectivity index (χ4n) is 2.03. The molecular weight excluding hydrogens is 124 g/mol. The lowest BCUT2D eigenvalue weighted by atomic mass is 9.78. The number of hydrogen-bond acceptors (Lipinski definition) is 1. The van der Waals surface area contributed by atoms with Crippen molar-refractivity contribution < 1.29 is 5.11 Å². The molecule has 0 aromatic carbocycles. The Morgan fingerprint density at radius 3 is 1.70 bits per heavy atom. The van der Waals surface area contributed by atoms with Crippen molar-refractivity contribution in [2.24, 2.45) is 11.3 Å². The van der Waals surface area contributed by atoms with Gasteiger partial charge >= 0.3 is 0 Å². The quantitative estimate of drug-likeness (QED) is 0.626. The molecule has 0 aromatic heterocycles. The summed E-state index contributed by atoms with van der Waals surface area (Å²) in [5.41, 5.74) is -0.228. The van der Waals surface area contributed by atoms with Crippen LogP contribution in [-0.2, 0) is 0 Å². The number of rotatable bonds is 2. The van der Waals surface area contributed by atoms with Gasteiger partial charge in [-0.1, -0.05) is 13.8 Å². The molecule has 0 atom stereocenters. The van der Waals surface area contributed by atoms with E-state index in [1.54, 1.807) is 0 Å². The standard InChI is InChI=1S/C9H18O/c1-7(2)9(5-6-9)8(3,4)10/h7,10H,5-6H2,1-4H3. The van der Waals surface area contributed by atoms with Crippen molar-refractivity contribution >= 4 is 0 Å². The molecule has 1 saturated carbocycles. The van der Waals surface area contributed by atoms with E-state index < -0.39 is 5.60 Å². The molecule has 1 N–H and O–H groups in total. The lowest BCUT2D eigenvalue weighted by Gasteiger charge is -2.32. The van der Waals surface area contributed by atoms with Crippen LogP contribution in [-0.4, -0.2) is 10.7 Å². The number of hydrogen-bond donors (Lipinski definition) is 1. The predicted molar refractivity (Wildman–Crippen MR) is 42.8 cm³/mol.